The molecule has 1 aliphatic heterocycles. The van der Waals surface area contributed by atoms with E-state index >= 15 is 0 Å². The van der Waals surface area contributed by atoms with E-state index in [1.807, 2.05) is 0 Å². The molecule has 1 saturated heterocycles. The van der Waals surface area contributed by atoms with Crippen LogP contribution in [0.4, 0.5) is 0 Å². The van der Waals surface area contributed by atoms with Crippen LogP contribution in [-0.4, -0.2) is 30.1 Å². The highest BCUT2D eigenvalue weighted by atomic mass is 79.9. The number of ketones is 2. The molecule has 2 aliphatic carbocycles. The number of carbonyl (C=O) groups is 2. The molecule has 0 aromatic heterocycles. The minimum Gasteiger partial charge on any atom is -0.294 e. The molecule has 0 spiro atoms. The van der Waals surface area contributed by atoms with Crippen LogP contribution >= 0.6 is 15.9 Å². The van der Waals surface area contributed by atoms with Crippen LogP contribution in [0.5, 0.6) is 0 Å². The van der Waals surface area contributed by atoms with Crippen molar-refractivity contribution < 1.29 is 18.0 Å². The number of Topliss-reactive ketones (excluding diaryl/α,β-unsaturated/α-hetero) is 1. The maximum Gasteiger partial charge on any atom is 0.176 e. The summed E-state index contributed by atoms with van der Waals surface area (Å²) in [5.41, 5.74) is 1.15. The number of halogens is 1. The molecular formula is C14H15BrO4S. The minimum absolute atomic E-state index is 0.0641. The molecule has 6 heteroatoms. The van der Waals surface area contributed by atoms with Crippen LogP contribution in [-0.2, 0) is 19.4 Å². The molecule has 108 valence electrons. The quantitative estimate of drug-likeness (QED) is 0.620. The van der Waals surface area contributed by atoms with Crippen molar-refractivity contribution in [3.8, 4) is 0 Å². The van der Waals surface area contributed by atoms with Gasteiger partial charge in [-0.2, -0.15) is 0 Å². The molecule has 3 aliphatic rings. The Morgan fingerprint density at radius 2 is 1.90 bits per heavy atom. The summed E-state index contributed by atoms with van der Waals surface area (Å²) in [5.74, 6) is -1.06. The van der Waals surface area contributed by atoms with Gasteiger partial charge in [-0.1, -0.05) is 21.5 Å². The Hall–Kier alpha value is -0.750. The molecule has 4 nitrogen and oxygen atoms in total. The number of alkyl halides is 1. The van der Waals surface area contributed by atoms with Crippen LogP contribution in [0, 0.1) is 11.8 Å². The lowest BCUT2D eigenvalue weighted by molar-refractivity contribution is -0.129. The summed E-state index contributed by atoms with van der Waals surface area (Å²) < 4.78 is 23.3. The molecule has 0 bridgehead atoms. The predicted octanol–water partition coefficient (Wildman–Crippen LogP) is 1.95. The normalized spacial score (nSPS) is 39.5. The zero-order chi connectivity index (χ0) is 14.9. The lowest BCUT2D eigenvalue weighted by Crippen LogP contribution is -2.54. The molecule has 1 heterocycles. The van der Waals surface area contributed by atoms with Gasteiger partial charge < -0.3 is 0 Å². The Labute approximate surface area is 126 Å². The Morgan fingerprint density at radius 1 is 1.25 bits per heavy atom. The molecule has 0 N–H and O–H groups in total. The number of hydrogen-bond donors (Lipinski definition) is 0. The minimum atomic E-state index is -3.28. The molecular weight excluding hydrogens is 344 g/mol. The fraction of sp³-hybridized carbons (Fsp3) is 0.571. The number of carbonyl (C=O) groups excluding carboxylic acids is 2. The zero-order valence-electron chi connectivity index (χ0n) is 11.3. The van der Waals surface area contributed by atoms with Gasteiger partial charge in [-0.25, -0.2) is 8.42 Å². The van der Waals surface area contributed by atoms with E-state index in [2.05, 4.69) is 15.9 Å². The van der Waals surface area contributed by atoms with Crippen molar-refractivity contribution in [1.82, 2.24) is 0 Å². The first-order valence-electron chi connectivity index (χ1n) is 6.58. The number of rotatable bonds is 0. The molecule has 0 amide bonds. The van der Waals surface area contributed by atoms with E-state index in [0.29, 0.717) is 23.3 Å². The Bertz CT molecular complexity index is 701. The monoisotopic (exact) mass is 358 g/mol. The first-order chi connectivity index (χ1) is 9.19. The largest absolute Gasteiger partial charge is 0.294 e. The summed E-state index contributed by atoms with van der Waals surface area (Å²) >= 11 is 3.50. The van der Waals surface area contributed by atoms with E-state index in [0.717, 1.165) is 5.57 Å². The van der Waals surface area contributed by atoms with Crippen LogP contribution in [0.15, 0.2) is 22.1 Å². The van der Waals surface area contributed by atoms with Gasteiger partial charge in [0.2, 0.25) is 0 Å². The van der Waals surface area contributed by atoms with Gasteiger partial charge in [0.1, 0.15) is 4.32 Å². The lowest BCUT2D eigenvalue weighted by atomic mass is 9.65. The van der Waals surface area contributed by atoms with Gasteiger partial charge in [0.25, 0.3) is 0 Å². The van der Waals surface area contributed by atoms with Crippen molar-refractivity contribution >= 4 is 37.3 Å². The number of sulfone groups is 1. The predicted molar refractivity (Wildman–Crippen MR) is 78.1 cm³/mol. The van der Waals surface area contributed by atoms with Crippen molar-refractivity contribution in [3.05, 3.63) is 22.1 Å². The maximum atomic E-state index is 12.6. The highest BCUT2D eigenvalue weighted by Gasteiger charge is 2.61. The van der Waals surface area contributed by atoms with Crippen LogP contribution in [0.3, 0.4) is 0 Å². The van der Waals surface area contributed by atoms with Crippen molar-refractivity contribution in [2.75, 3.05) is 5.75 Å². The fourth-order valence-corrected chi connectivity index (χ4v) is 7.23. The van der Waals surface area contributed by atoms with Crippen LogP contribution < -0.4 is 0 Å². The van der Waals surface area contributed by atoms with Gasteiger partial charge in [-0.15, -0.1) is 0 Å². The van der Waals surface area contributed by atoms with Gasteiger partial charge in [0, 0.05) is 16.7 Å². The highest BCUT2D eigenvalue weighted by molar-refractivity contribution is 9.10. The van der Waals surface area contributed by atoms with Crippen LogP contribution in [0.2, 0.25) is 0 Å². The van der Waals surface area contributed by atoms with E-state index in [1.54, 1.807) is 13.8 Å². The van der Waals surface area contributed by atoms with Crippen LogP contribution in [0.25, 0.3) is 0 Å². The highest BCUT2D eigenvalue weighted by Crippen LogP contribution is 2.56. The maximum absolute atomic E-state index is 12.6. The average molecular weight is 359 g/mol. The standard InChI is InChI=1S/C14H15BrO4S/c1-7-5-10-11(16)6-8(2)13(17)14(10,15)9-3-4-20(18,19)12(7)9/h6,9-10H,3-5H2,1-2H3/t9-,10-,14-/m1/s1. The van der Waals surface area contributed by atoms with Crippen molar-refractivity contribution in [2.24, 2.45) is 11.8 Å². The summed E-state index contributed by atoms with van der Waals surface area (Å²) in [4.78, 5) is 25.2. The molecule has 0 aromatic carbocycles. The Kier molecular flexibility index (Phi) is 2.93. The summed E-state index contributed by atoms with van der Waals surface area (Å²) in [6.07, 6.45) is 2.14. The smallest absolute Gasteiger partial charge is 0.176 e. The van der Waals surface area contributed by atoms with Crippen molar-refractivity contribution in [2.45, 2.75) is 31.0 Å². The van der Waals surface area contributed by atoms with E-state index in [9.17, 15) is 18.0 Å². The second kappa shape index (κ2) is 4.13. The molecule has 0 radical (unpaired) electrons. The molecule has 3 atom stereocenters. The summed E-state index contributed by atoms with van der Waals surface area (Å²) in [5, 5.41) is 0. The van der Waals surface area contributed by atoms with E-state index in [-0.39, 0.29) is 17.3 Å². The third kappa shape index (κ3) is 1.61. The van der Waals surface area contributed by atoms with Crippen LogP contribution in [0.1, 0.15) is 26.7 Å². The Balaban J connectivity index is 2.25. The fourth-order valence-electron chi connectivity index (χ4n) is 3.80. The van der Waals surface area contributed by atoms with Crippen molar-refractivity contribution in [3.63, 3.8) is 0 Å². The average Bonchev–Trinajstić information content (AvgIpc) is 2.68. The van der Waals surface area contributed by atoms with E-state index in [4.69, 9.17) is 0 Å². The SMILES string of the molecule is CC1=CC(=O)[C@H]2CC(C)=C3[C@@H](CCS3(=O)=O)[C@]2(Br)C1=O. The second-order valence-electron chi connectivity index (χ2n) is 5.89. The molecule has 3 rings (SSSR count). The molecule has 0 saturated carbocycles. The zero-order valence-corrected chi connectivity index (χ0v) is 13.7. The number of fused-ring (bicyclic) bond motifs is 3. The van der Waals surface area contributed by atoms with Gasteiger partial charge in [-0.3, -0.25) is 9.59 Å². The summed E-state index contributed by atoms with van der Waals surface area (Å²) in [7, 11) is -3.28. The van der Waals surface area contributed by atoms with Gasteiger partial charge in [0.05, 0.1) is 5.75 Å². The number of allylic oxidation sites excluding steroid dienone is 4. The first kappa shape index (κ1) is 14.2. The number of hydrogen-bond acceptors (Lipinski definition) is 4. The first-order valence-corrected chi connectivity index (χ1v) is 9.02. The third-order valence-electron chi connectivity index (χ3n) is 4.68. The Morgan fingerprint density at radius 3 is 2.55 bits per heavy atom. The van der Waals surface area contributed by atoms with Crippen molar-refractivity contribution in [1.29, 1.82) is 0 Å². The van der Waals surface area contributed by atoms with Gasteiger partial charge in [0.15, 0.2) is 21.4 Å². The third-order valence-corrected chi connectivity index (χ3v) is 8.22. The van der Waals surface area contributed by atoms with Gasteiger partial charge >= 0.3 is 0 Å². The summed E-state index contributed by atoms with van der Waals surface area (Å²) in [6, 6.07) is 0. The molecule has 0 unspecified atom stereocenters. The van der Waals surface area contributed by atoms with Gasteiger partial charge in [-0.05, 0) is 38.3 Å². The van der Waals surface area contributed by atoms with E-state index in [1.165, 1.54) is 6.08 Å². The molecule has 1 fully saturated rings. The topological polar surface area (TPSA) is 68.3 Å². The lowest BCUT2D eigenvalue weighted by Gasteiger charge is -2.44. The van der Waals surface area contributed by atoms with E-state index < -0.39 is 26.0 Å². The molecule has 0 aromatic rings. The second-order valence-corrected chi connectivity index (χ2v) is 9.28. The molecule has 20 heavy (non-hydrogen) atoms. The summed E-state index contributed by atoms with van der Waals surface area (Å²) in [6.45, 7) is 3.38.